The van der Waals surface area contributed by atoms with Crippen molar-refractivity contribution in [3.63, 3.8) is 0 Å². The molecule has 0 radical (unpaired) electrons. The molecule has 3 rings (SSSR count). The zero-order chi connectivity index (χ0) is 21.5. The van der Waals surface area contributed by atoms with E-state index in [2.05, 4.69) is 26.6 Å². The molecule has 0 unspecified atom stereocenters. The normalized spacial score (nSPS) is 13.6. The topological polar surface area (TPSA) is 88.3 Å². The van der Waals surface area contributed by atoms with Crippen molar-refractivity contribution in [3.05, 3.63) is 46.9 Å². The molecule has 0 bridgehead atoms. The highest BCUT2D eigenvalue weighted by Crippen LogP contribution is 2.33. The van der Waals surface area contributed by atoms with E-state index in [0.717, 1.165) is 49.0 Å². The van der Waals surface area contributed by atoms with E-state index < -0.39 is 0 Å². The molecule has 0 saturated heterocycles. The number of amides is 1. The third kappa shape index (κ3) is 4.87. The molecule has 2 N–H and O–H groups in total. The second kappa shape index (κ2) is 10.0. The minimum atomic E-state index is -0.182. The number of carbonyl (C=O) groups excluding carboxylic acids is 1. The minimum absolute atomic E-state index is 0.182. The summed E-state index contributed by atoms with van der Waals surface area (Å²) in [7, 11) is 5.09. The van der Waals surface area contributed by atoms with E-state index >= 15 is 0 Å². The number of aliphatic imine (C=N–C) groups is 1. The largest absolute Gasteiger partial charge is 0.493 e. The number of hydrogen-bond acceptors (Lipinski definition) is 5. The number of nitrogens with one attached hydrogen (secondary N) is 2. The summed E-state index contributed by atoms with van der Waals surface area (Å²) in [6.07, 6.45) is 3.22. The van der Waals surface area contributed by atoms with Gasteiger partial charge in [-0.15, -0.1) is 0 Å². The lowest BCUT2D eigenvalue weighted by atomic mass is 9.99. The predicted molar refractivity (Wildman–Crippen MR) is 115 cm³/mol. The molecule has 1 amide bonds. The van der Waals surface area contributed by atoms with Crippen molar-refractivity contribution in [3.8, 4) is 11.5 Å². The Labute approximate surface area is 177 Å². The van der Waals surface area contributed by atoms with E-state index in [4.69, 9.17) is 13.9 Å². The number of carbonyl (C=O) groups is 1. The number of aryl methyl sites for hydroxylation is 1. The highest BCUT2D eigenvalue weighted by atomic mass is 16.5. The van der Waals surface area contributed by atoms with Crippen molar-refractivity contribution in [2.24, 2.45) is 4.99 Å². The maximum Gasteiger partial charge on any atom is 0.287 e. The lowest BCUT2D eigenvalue weighted by Crippen LogP contribution is -2.44. The van der Waals surface area contributed by atoms with E-state index in [1.54, 1.807) is 27.3 Å². The zero-order valence-corrected chi connectivity index (χ0v) is 18.1. The van der Waals surface area contributed by atoms with Gasteiger partial charge in [-0.2, -0.15) is 0 Å². The molecule has 8 heteroatoms. The molecule has 2 heterocycles. The van der Waals surface area contributed by atoms with Gasteiger partial charge in [-0.05, 0) is 49.1 Å². The Morgan fingerprint density at radius 2 is 1.87 bits per heavy atom. The van der Waals surface area contributed by atoms with Crippen LogP contribution < -0.4 is 20.1 Å². The summed E-state index contributed by atoms with van der Waals surface area (Å²) in [5.74, 6) is 2.54. The molecule has 0 atom stereocenters. The van der Waals surface area contributed by atoms with Gasteiger partial charge >= 0.3 is 0 Å². The van der Waals surface area contributed by atoms with E-state index in [9.17, 15) is 4.79 Å². The lowest BCUT2D eigenvalue weighted by Gasteiger charge is -2.32. The van der Waals surface area contributed by atoms with Crippen LogP contribution in [0.1, 0.15) is 33.7 Å². The molecular formula is C22H30N4O4. The van der Waals surface area contributed by atoms with Crippen LogP contribution >= 0.6 is 0 Å². The molecule has 8 nitrogen and oxygen atoms in total. The lowest BCUT2D eigenvalue weighted by molar-refractivity contribution is 0.0925. The average Bonchev–Trinajstić information content (AvgIpc) is 3.20. The molecule has 0 aliphatic carbocycles. The van der Waals surface area contributed by atoms with Crippen molar-refractivity contribution in [2.75, 3.05) is 40.9 Å². The van der Waals surface area contributed by atoms with Crippen LogP contribution in [0.25, 0.3) is 0 Å². The number of rotatable bonds is 7. The third-order valence-corrected chi connectivity index (χ3v) is 5.22. The molecule has 2 aromatic rings. The Morgan fingerprint density at radius 3 is 2.50 bits per heavy atom. The van der Waals surface area contributed by atoms with Crippen LogP contribution in [-0.2, 0) is 13.0 Å². The van der Waals surface area contributed by atoms with Crippen LogP contribution in [-0.4, -0.2) is 57.7 Å². The first-order chi connectivity index (χ1) is 14.6. The molecule has 0 saturated carbocycles. The predicted octanol–water partition coefficient (Wildman–Crippen LogP) is 2.36. The number of benzene rings is 1. The van der Waals surface area contributed by atoms with Crippen molar-refractivity contribution in [1.82, 2.24) is 15.5 Å². The van der Waals surface area contributed by atoms with Crippen LogP contribution in [0.2, 0.25) is 0 Å². The van der Waals surface area contributed by atoms with Crippen molar-refractivity contribution in [1.29, 1.82) is 0 Å². The van der Waals surface area contributed by atoms with Gasteiger partial charge in [0.2, 0.25) is 0 Å². The number of ether oxygens (including phenoxy) is 2. The fourth-order valence-corrected chi connectivity index (χ4v) is 3.57. The number of hydrogen-bond donors (Lipinski definition) is 2. The Bertz CT molecular complexity index is 907. The molecular weight excluding hydrogens is 384 g/mol. The van der Waals surface area contributed by atoms with Gasteiger partial charge in [-0.25, -0.2) is 0 Å². The quantitative estimate of drug-likeness (QED) is 0.411. The molecule has 0 spiro atoms. The molecule has 1 aliphatic rings. The Hall–Kier alpha value is -3.16. The van der Waals surface area contributed by atoms with E-state index in [1.165, 1.54) is 17.4 Å². The summed E-state index contributed by atoms with van der Waals surface area (Å²) in [5.41, 5.74) is 3.32. The number of guanidine groups is 1. The van der Waals surface area contributed by atoms with Crippen LogP contribution in [0, 0.1) is 6.92 Å². The molecule has 30 heavy (non-hydrogen) atoms. The second-order valence-corrected chi connectivity index (χ2v) is 7.16. The first kappa shape index (κ1) is 21.5. The van der Waals surface area contributed by atoms with Crippen molar-refractivity contribution in [2.45, 2.75) is 26.3 Å². The molecule has 162 valence electrons. The van der Waals surface area contributed by atoms with Crippen molar-refractivity contribution >= 4 is 11.9 Å². The summed E-state index contributed by atoms with van der Waals surface area (Å²) in [6, 6.07) is 5.88. The number of furan rings is 1. The van der Waals surface area contributed by atoms with Crippen LogP contribution in [0.5, 0.6) is 11.5 Å². The summed E-state index contributed by atoms with van der Waals surface area (Å²) >= 11 is 0. The minimum Gasteiger partial charge on any atom is -0.493 e. The number of nitrogens with zero attached hydrogens (tertiary/aromatic N) is 2. The zero-order valence-electron chi connectivity index (χ0n) is 18.1. The molecule has 0 fully saturated rings. The van der Waals surface area contributed by atoms with E-state index in [-0.39, 0.29) is 5.91 Å². The van der Waals surface area contributed by atoms with Crippen molar-refractivity contribution < 1.29 is 18.7 Å². The van der Waals surface area contributed by atoms with Gasteiger partial charge in [-0.3, -0.25) is 9.79 Å². The number of fused-ring (bicyclic) bond motifs is 1. The standard InChI is InChI=1S/C22H30N4O4/c1-15-7-11-30-20(15)21(27)24-8-5-9-25-22(23-2)26-10-6-16-12-18(28-3)19(29-4)13-17(16)14-26/h7,11-13H,5-6,8-10,14H2,1-4H3,(H,23,25)(H,24,27). The van der Waals surface area contributed by atoms with Gasteiger partial charge in [0.25, 0.3) is 5.91 Å². The van der Waals surface area contributed by atoms with Crippen LogP contribution in [0.3, 0.4) is 0 Å². The monoisotopic (exact) mass is 414 g/mol. The summed E-state index contributed by atoms with van der Waals surface area (Å²) < 4.78 is 16.1. The van der Waals surface area contributed by atoms with Gasteiger partial charge in [0.1, 0.15) is 0 Å². The molecule has 1 aliphatic heterocycles. The maximum absolute atomic E-state index is 12.1. The first-order valence-corrected chi connectivity index (χ1v) is 10.1. The maximum atomic E-state index is 12.1. The fraction of sp³-hybridized carbons (Fsp3) is 0.455. The molecule has 1 aromatic carbocycles. The van der Waals surface area contributed by atoms with E-state index in [1.807, 2.05) is 13.0 Å². The van der Waals surface area contributed by atoms with Crippen LogP contribution in [0.4, 0.5) is 0 Å². The third-order valence-electron chi connectivity index (χ3n) is 5.22. The SMILES string of the molecule is CN=C(NCCCNC(=O)c1occc1C)N1CCc2cc(OC)c(OC)cc2C1. The van der Waals surface area contributed by atoms with Gasteiger partial charge in [0.15, 0.2) is 23.2 Å². The Balaban J connectivity index is 1.49. The highest BCUT2D eigenvalue weighted by Gasteiger charge is 2.21. The van der Waals surface area contributed by atoms with Crippen LogP contribution in [0.15, 0.2) is 33.9 Å². The average molecular weight is 415 g/mol. The summed E-state index contributed by atoms with van der Waals surface area (Å²) in [5, 5.41) is 6.27. The molecule has 1 aromatic heterocycles. The van der Waals surface area contributed by atoms with Gasteiger partial charge in [0.05, 0.1) is 20.5 Å². The second-order valence-electron chi connectivity index (χ2n) is 7.16. The van der Waals surface area contributed by atoms with E-state index in [0.29, 0.717) is 18.8 Å². The fourth-order valence-electron chi connectivity index (χ4n) is 3.57. The summed E-state index contributed by atoms with van der Waals surface area (Å²) in [6.45, 7) is 4.75. The highest BCUT2D eigenvalue weighted by molar-refractivity contribution is 5.92. The Morgan fingerprint density at radius 1 is 1.17 bits per heavy atom. The summed E-state index contributed by atoms with van der Waals surface area (Å²) in [4.78, 5) is 18.7. The van der Waals surface area contributed by atoms with Gasteiger partial charge < -0.3 is 29.4 Å². The Kier molecular flexibility index (Phi) is 7.21. The smallest absolute Gasteiger partial charge is 0.287 e. The number of methoxy groups -OCH3 is 2. The van der Waals surface area contributed by atoms with Gasteiger partial charge in [0, 0.05) is 38.8 Å². The first-order valence-electron chi connectivity index (χ1n) is 10.1. The van der Waals surface area contributed by atoms with Gasteiger partial charge in [-0.1, -0.05) is 0 Å².